The number of allylic oxidation sites excluding steroid dienone is 2. The van der Waals surface area contributed by atoms with E-state index in [1.54, 1.807) is 32.1 Å². The Kier molecular flexibility index (Phi) is 12.4. The van der Waals surface area contributed by atoms with Crippen molar-refractivity contribution in [2.45, 2.75) is 83.5 Å². The molecule has 0 radical (unpaired) electrons. The first-order chi connectivity index (χ1) is 20.9. The van der Waals surface area contributed by atoms with Crippen molar-refractivity contribution in [1.82, 2.24) is 14.8 Å². The van der Waals surface area contributed by atoms with Gasteiger partial charge in [-0.3, -0.25) is 4.79 Å². The van der Waals surface area contributed by atoms with Crippen LogP contribution < -0.4 is 5.32 Å². The predicted octanol–water partition coefficient (Wildman–Crippen LogP) is 5.55. The number of unbranched alkanes of at least 4 members (excludes halogenated alkanes) is 1. The molecular weight excluding hydrogens is 578 g/mol. The monoisotopic (exact) mass is 625 g/mol. The number of hydrogen-bond donors (Lipinski definition) is 1. The highest BCUT2D eigenvalue weighted by molar-refractivity contribution is 6.76. The summed E-state index contributed by atoms with van der Waals surface area (Å²) in [5, 5.41) is 3.55. The Balaban J connectivity index is 1.81. The van der Waals surface area contributed by atoms with E-state index in [9.17, 15) is 19.2 Å². The van der Waals surface area contributed by atoms with Crippen LogP contribution in [-0.4, -0.2) is 79.4 Å². The summed E-state index contributed by atoms with van der Waals surface area (Å²) in [6.45, 7) is 18.4. The third kappa shape index (κ3) is 9.32. The highest BCUT2D eigenvalue weighted by atomic mass is 28.3. The number of esters is 2. The minimum Gasteiger partial charge on any atom is -0.464 e. The molecule has 44 heavy (non-hydrogen) atoms. The number of para-hydroxylation sites is 1. The van der Waals surface area contributed by atoms with Gasteiger partial charge in [0.2, 0.25) is 5.91 Å². The number of aromatic nitrogens is 1. The first kappa shape index (κ1) is 34.6. The van der Waals surface area contributed by atoms with E-state index in [0.717, 1.165) is 16.9 Å². The molecule has 1 aromatic heterocycles. The summed E-state index contributed by atoms with van der Waals surface area (Å²) in [6.07, 6.45) is 3.37. The van der Waals surface area contributed by atoms with Crippen LogP contribution in [0.25, 0.3) is 10.9 Å². The Morgan fingerprint density at radius 1 is 1.07 bits per heavy atom. The molecule has 3 rings (SSSR count). The molecule has 2 heterocycles. The molecule has 1 aliphatic heterocycles. The molecule has 0 spiro atoms. The van der Waals surface area contributed by atoms with Crippen LogP contribution in [0.5, 0.6) is 0 Å². The maximum Gasteiger partial charge on any atom is 0.407 e. The number of fused-ring (bicyclic) bond motifs is 1. The van der Waals surface area contributed by atoms with E-state index in [-0.39, 0.29) is 32.1 Å². The van der Waals surface area contributed by atoms with Crippen LogP contribution in [0, 0.1) is 5.92 Å². The zero-order valence-corrected chi connectivity index (χ0v) is 27.7. The molecule has 240 valence electrons. The first-order valence-corrected chi connectivity index (χ1v) is 19.0. The van der Waals surface area contributed by atoms with Crippen LogP contribution in [0.1, 0.15) is 43.6 Å². The van der Waals surface area contributed by atoms with E-state index in [1.165, 1.54) is 4.90 Å². The number of amides is 2. The maximum atomic E-state index is 13.9. The van der Waals surface area contributed by atoms with Crippen molar-refractivity contribution in [2.24, 2.45) is 5.92 Å². The van der Waals surface area contributed by atoms with Crippen molar-refractivity contribution < 1.29 is 33.4 Å². The lowest BCUT2D eigenvalue weighted by Gasteiger charge is -2.29. The average Bonchev–Trinajstić information content (AvgIpc) is 3.55. The van der Waals surface area contributed by atoms with E-state index in [1.807, 2.05) is 28.8 Å². The molecule has 1 aromatic carbocycles. The summed E-state index contributed by atoms with van der Waals surface area (Å²) in [6, 6.07) is 8.24. The Morgan fingerprint density at radius 3 is 2.45 bits per heavy atom. The fourth-order valence-corrected chi connectivity index (χ4v) is 5.79. The second-order valence-corrected chi connectivity index (χ2v) is 18.3. The van der Waals surface area contributed by atoms with Gasteiger partial charge >= 0.3 is 18.0 Å². The minimum atomic E-state index is -1.47. The number of nitrogens with zero attached hydrogens (tertiary/aromatic N) is 2. The second kappa shape index (κ2) is 15.7. The standard InChI is InChI=1S/C33H47N3O7Si/c1-8-10-13-17-42-33(40)34-29(23(3)4)30(37)36-22-25(21-28(36)31(38)41-18-19-44(5,6)7)43-32(39)27-20-24-14-11-12-15-26(24)35(27)16-9-2/h8-9,11-12,14-15,20,23,25,28-29H,1-2,10,13,16-19,21-22H2,3-7H3,(H,34,40)/t25-,28+,29+/m1/s1. The second-order valence-electron chi connectivity index (χ2n) is 12.7. The molecule has 0 aliphatic carbocycles. The van der Waals surface area contributed by atoms with Gasteiger partial charge in [0.1, 0.15) is 23.9 Å². The average molecular weight is 626 g/mol. The fourth-order valence-electron chi connectivity index (χ4n) is 5.07. The van der Waals surface area contributed by atoms with Gasteiger partial charge in [-0.2, -0.15) is 0 Å². The summed E-state index contributed by atoms with van der Waals surface area (Å²) < 4.78 is 18.6. The molecule has 10 nitrogen and oxygen atoms in total. The molecule has 3 atom stereocenters. The van der Waals surface area contributed by atoms with Gasteiger partial charge in [-0.15, -0.1) is 13.2 Å². The molecule has 1 saturated heterocycles. The number of likely N-dealkylation sites (tertiary alicyclic amines) is 1. The summed E-state index contributed by atoms with van der Waals surface area (Å²) in [5.74, 6) is -1.88. The molecule has 11 heteroatoms. The smallest absolute Gasteiger partial charge is 0.407 e. The fraction of sp³-hybridized carbons (Fsp3) is 0.515. The van der Waals surface area contributed by atoms with Crippen LogP contribution in [-0.2, 0) is 30.3 Å². The zero-order valence-electron chi connectivity index (χ0n) is 26.7. The van der Waals surface area contributed by atoms with Crippen molar-refractivity contribution in [3.8, 4) is 0 Å². The zero-order chi connectivity index (χ0) is 32.4. The quantitative estimate of drug-likeness (QED) is 0.0907. The van der Waals surface area contributed by atoms with Crippen molar-refractivity contribution in [1.29, 1.82) is 0 Å². The number of ether oxygens (including phenoxy) is 3. The van der Waals surface area contributed by atoms with Gasteiger partial charge < -0.3 is 29.0 Å². The van der Waals surface area contributed by atoms with Crippen LogP contribution in [0.4, 0.5) is 4.79 Å². The van der Waals surface area contributed by atoms with Crippen LogP contribution in [0.2, 0.25) is 25.7 Å². The number of carbonyl (C=O) groups excluding carboxylic acids is 4. The van der Waals surface area contributed by atoms with Gasteiger partial charge in [0.05, 0.1) is 19.8 Å². The van der Waals surface area contributed by atoms with Gasteiger partial charge in [-0.05, 0) is 36.9 Å². The highest BCUT2D eigenvalue weighted by Crippen LogP contribution is 2.27. The molecule has 1 N–H and O–H groups in total. The number of rotatable bonds is 15. The van der Waals surface area contributed by atoms with Crippen molar-refractivity contribution in [3.63, 3.8) is 0 Å². The van der Waals surface area contributed by atoms with E-state index in [4.69, 9.17) is 14.2 Å². The van der Waals surface area contributed by atoms with Crippen molar-refractivity contribution in [3.05, 3.63) is 61.3 Å². The number of carbonyl (C=O) groups is 4. The molecule has 2 aromatic rings. The van der Waals surface area contributed by atoms with Gasteiger partial charge in [0.25, 0.3) is 0 Å². The summed E-state index contributed by atoms with van der Waals surface area (Å²) in [7, 11) is -1.47. The summed E-state index contributed by atoms with van der Waals surface area (Å²) in [5.41, 5.74) is 1.22. The Morgan fingerprint density at radius 2 is 1.80 bits per heavy atom. The van der Waals surface area contributed by atoms with Crippen LogP contribution in [0.3, 0.4) is 0 Å². The molecule has 0 unspecified atom stereocenters. The van der Waals surface area contributed by atoms with E-state index in [0.29, 0.717) is 25.1 Å². The molecule has 0 saturated carbocycles. The van der Waals surface area contributed by atoms with Gasteiger partial charge in [0.15, 0.2) is 0 Å². The number of nitrogens with one attached hydrogen (secondary N) is 1. The van der Waals surface area contributed by atoms with Crippen molar-refractivity contribution >= 4 is 42.9 Å². The number of hydrogen-bond acceptors (Lipinski definition) is 7. The molecular formula is C33H47N3O7Si. The topological polar surface area (TPSA) is 116 Å². The highest BCUT2D eigenvalue weighted by Gasteiger charge is 2.45. The maximum absolute atomic E-state index is 13.9. The SMILES string of the molecule is C=CCCCOC(=O)N[C@H](C(=O)N1C[C@H](OC(=O)c2cc3ccccc3n2CC=C)C[C@H]1C(=O)OCC[Si](C)(C)C)C(C)C. The lowest BCUT2D eigenvalue weighted by molar-refractivity contribution is -0.153. The first-order valence-electron chi connectivity index (χ1n) is 15.3. The van der Waals surface area contributed by atoms with Crippen molar-refractivity contribution in [2.75, 3.05) is 19.8 Å². The van der Waals surface area contributed by atoms with Gasteiger partial charge in [-0.1, -0.05) is 63.8 Å². The van der Waals surface area contributed by atoms with E-state index in [2.05, 4.69) is 38.1 Å². The number of benzene rings is 1. The third-order valence-corrected chi connectivity index (χ3v) is 9.22. The Hall–Kier alpha value is -3.86. The van der Waals surface area contributed by atoms with Gasteiger partial charge in [0, 0.05) is 31.9 Å². The lowest BCUT2D eigenvalue weighted by Crippen LogP contribution is -2.54. The number of alkyl carbamates (subject to hydrolysis) is 1. The molecule has 2 amide bonds. The van der Waals surface area contributed by atoms with E-state index >= 15 is 0 Å². The normalized spacial score (nSPS) is 17.3. The van der Waals surface area contributed by atoms with E-state index < -0.39 is 50.2 Å². The summed E-state index contributed by atoms with van der Waals surface area (Å²) in [4.78, 5) is 54.6. The van der Waals surface area contributed by atoms with Crippen LogP contribution >= 0.6 is 0 Å². The van der Waals surface area contributed by atoms with Crippen LogP contribution in [0.15, 0.2) is 55.6 Å². The third-order valence-electron chi connectivity index (χ3n) is 7.51. The summed E-state index contributed by atoms with van der Waals surface area (Å²) >= 11 is 0. The molecule has 0 bridgehead atoms. The Labute approximate surface area is 261 Å². The predicted molar refractivity (Wildman–Crippen MR) is 173 cm³/mol. The molecule has 1 aliphatic rings. The minimum absolute atomic E-state index is 0.0146. The lowest BCUT2D eigenvalue weighted by atomic mass is 10.0. The Bertz CT molecular complexity index is 1350. The van der Waals surface area contributed by atoms with Gasteiger partial charge in [-0.25, -0.2) is 14.4 Å². The largest absolute Gasteiger partial charge is 0.464 e. The molecule has 1 fully saturated rings.